The largest absolute Gasteiger partial charge is 0.416 e. The summed E-state index contributed by atoms with van der Waals surface area (Å²) in [6.07, 6.45) is -2.66. The van der Waals surface area contributed by atoms with Crippen LogP contribution in [0, 0.1) is 5.92 Å². The number of alkyl halides is 3. The van der Waals surface area contributed by atoms with Crippen LogP contribution in [0.4, 0.5) is 24.7 Å². The highest BCUT2D eigenvalue weighted by atomic mass is 32.2. The van der Waals surface area contributed by atoms with Gasteiger partial charge in [0.15, 0.2) is 15.7 Å². The van der Waals surface area contributed by atoms with Crippen molar-refractivity contribution in [2.24, 2.45) is 11.7 Å². The number of carbonyl (C=O) groups excluding carboxylic acids is 1. The molecule has 0 aliphatic carbocycles. The SMILES string of the molecule is C[C@@H]1CS(=O)(=O)CC[C@@H]1n1cc(C(N)=O)c(Nc2ccc(C(F)(F)F)cc2)n1. The summed E-state index contributed by atoms with van der Waals surface area (Å²) in [5, 5.41) is 7.11. The molecule has 1 fully saturated rings. The third-order valence-corrected chi connectivity index (χ3v) is 6.60. The molecule has 0 spiro atoms. The zero-order chi connectivity index (χ0) is 20.7. The average molecular weight is 416 g/mol. The Morgan fingerprint density at radius 3 is 2.46 bits per heavy atom. The molecule has 1 aliphatic heterocycles. The number of nitrogens with one attached hydrogen (secondary N) is 1. The smallest absolute Gasteiger partial charge is 0.365 e. The predicted octanol–water partition coefficient (Wildman–Crippen LogP) is 2.74. The fraction of sp³-hybridized carbons (Fsp3) is 0.412. The van der Waals surface area contributed by atoms with E-state index >= 15 is 0 Å². The van der Waals surface area contributed by atoms with Gasteiger partial charge in [0.1, 0.15) is 5.56 Å². The number of carbonyl (C=O) groups is 1. The molecule has 0 saturated carbocycles. The zero-order valence-corrected chi connectivity index (χ0v) is 15.7. The highest BCUT2D eigenvalue weighted by Gasteiger charge is 2.33. The van der Waals surface area contributed by atoms with Crippen LogP contribution < -0.4 is 11.1 Å². The van der Waals surface area contributed by atoms with Gasteiger partial charge in [-0.25, -0.2) is 8.42 Å². The summed E-state index contributed by atoms with van der Waals surface area (Å²) in [6.45, 7) is 1.79. The molecule has 0 radical (unpaired) electrons. The van der Waals surface area contributed by atoms with Gasteiger partial charge in [-0.2, -0.15) is 18.3 Å². The molecule has 28 heavy (non-hydrogen) atoms. The van der Waals surface area contributed by atoms with Crippen molar-refractivity contribution in [3.8, 4) is 0 Å². The van der Waals surface area contributed by atoms with Gasteiger partial charge < -0.3 is 11.1 Å². The van der Waals surface area contributed by atoms with Crippen molar-refractivity contribution in [3.63, 3.8) is 0 Å². The van der Waals surface area contributed by atoms with Gasteiger partial charge in [0.05, 0.1) is 23.1 Å². The summed E-state index contributed by atoms with van der Waals surface area (Å²) >= 11 is 0. The van der Waals surface area contributed by atoms with E-state index in [0.717, 1.165) is 12.1 Å². The quantitative estimate of drug-likeness (QED) is 0.797. The van der Waals surface area contributed by atoms with Crippen LogP contribution >= 0.6 is 0 Å². The first-order chi connectivity index (χ1) is 13.0. The fourth-order valence-electron chi connectivity index (χ4n) is 3.29. The van der Waals surface area contributed by atoms with E-state index in [2.05, 4.69) is 10.4 Å². The Hall–Kier alpha value is -2.56. The summed E-state index contributed by atoms with van der Waals surface area (Å²) in [5.74, 6) is -0.816. The fourth-order valence-corrected chi connectivity index (χ4v) is 5.08. The van der Waals surface area contributed by atoms with Crippen LogP contribution in [-0.2, 0) is 16.0 Å². The van der Waals surface area contributed by atoms with Gasteiger partial charge in [0, 0.05) is 11.9 Å². The number of halogens is 3. The Kier molecular flexibility index (Phi) is 5.13. The first kappa shape index (κ1) is 20.2. The molecule has 1 saturated heterocycles. The van der Waals surface area contributed by atoms with Crippen molar-refractivity contribution in [2.45, 2.75) is 25.6 Å². The number of sulfone groups is 1. The molecule has 3 N–H and O–H groups in total. The Morgan fingerprint density at radius 2 is 1.93 bits per heavy atom. The molecule has 7 nitrogen and oxygen atoms in total. The van der Waals surface area contributed by atoms with E-state index in [-0.39, 0.29) is 34.8 Å². The number of benzene rings is 1. The van der Waals surface area contributed by atoms with E-state index in [0.29, 0.717) is 12.1 Å². The third-order valence-electron chi connectivity index (χ3n) is 4.71. The number of aromatic nitrogens is 2. The predicted molar refractivity (Wildman–Crippen MR) is 96.9 cm³/mol. The van der Waals surface area contributed by atoms with Gasteiger partial charge in [0.2, 0.25) is 0 Å². The maximum atomic E-state index is 12.7. The maximum Gasteiger partial charge on any atom is 0.416 e. The number of amides is 1. The zero-order valence-electron chi connectivity index (χ0n) is 14.9. The number of nitrogens with two attached hydrogens (primary N) is 1. The number of primary amides is 1. The van der Waals surface area contributed by atoms with E-state index in [1.165, 1.54) is 23.0 Å². The number of hydrogen-bond acceptors (Lipinski definition) is 5. The standard InChI is InChI=1S/C17H19F3N4O3S/c1-10-9-28(26,27)7-6-14(10)24-8-13(15(21)25)16(23-24)22-12-4-2-11(3-5-12)17(18,19)20/h2-5,8,10,14H,6-7,9H2,1H3,(H2,21,25)(H,22,23)/t10-,14+/m1/s1. The highest BCUT2D eigenvalue weighted by molar-refractivity contribution is 7.91. The van der Waals surface area contributed by atoms with Crippen molar-refractivity contribution in [2.75, 3.05) is 16.8 Å². The lowest BCUT2D eigenvalue weighted by Crippen LogP contribution is -2.33. The molecule has 0 unspecified atom stereocenters. The molecular weight excluding hydrogens is 397 g/mol. The van der Waals surface area contributed by atoms with Crippen molar-refractivity contribution in [1.82, 2.24) is 9.78 Å². The number of nitrogens with zero attached hydrogens (tertiary/aromatic N) is 2. The molecule has 1 aromatic heterocycles. The lowest BCUT2D eigenvalue weighted by atomic mass is 10.0. The normalized spacial score (nSPS) is 22.0. The van der Waals surface area contributed by atoms with Crippen molar-refractivity contribution in [1.29, 1.82) is 0 Å². The lowest BCUT2D eigenvalue weighted by molar-refractivity contribution is -0.137. The molecule has 0 bridgehead atoms. The van der Waals surface area contributed by atoms with Crippen LogP contribution in [0.15, 0.2) is 30.5 Å². The summed E-state index contributed by atoms with van der Waals surface area (Å²) in [6, 6.07) is 4.05. The van der Waals surface area contributed by atoms with E-state index < -0.39 is 27.5 Å². The molecule has 2 heterocycles. The van der Waals surface area contributed by atoms with Gasteiger partial charge >= 0.3 is 6.18 Å². The molecule has 3 rings (SSSR count). The van der Waals surface area contributed by atoms with Crippen LogP contribution in [0.2, 0.25) is 0 Å². The molecule has 152 valence electrons. The third kappa shape index (κ3) is 4.29. The first-order valence-electron chi connectivity index (χ1n) is 8.50. The molecule has 11 heteroatoms. The maximum absolute atomic E-state index is 12.7. The minimum absolute atomic E-state index is 0.0189. The van der Waals surface area contributed by atoms with E-state index in [1.54, 1.807) is 6.92 Å². The minimum Gasteiger partial charge on any atom is -0.365 e. The number of hydrogen-bond donors (Lipinski definition) is 2. The van der Waals surface area contributed by atoms with Crippen LogP contribution in [0.3, 0.4) is 0 Å². The van der Waals surface area contributed by atoms with Gasteiger partial charge in [-0.05, 0) is 36.6 Å². The van der Waals surface area contributed by atoms with Gasteiger partial charge in [-0.15, -0.1) is 0 Å². The van der Waals surface area contributed by atoms with Crippen LogP contribution in [0.25, 0.3) is 0 Å². The number of anilines is 2. The van der Waals surface area contributed by atoms with Gasteiger partial charge in [-0.3, -0.25) is 9.48 Å². The molecule has 1 aliphatic rings. The van der Waals surface area contributed by atoms with Crippen molar-refractivity contribution in [3.05, 3.63) is 41.6 Å². The van der Waals surface area contributed by atoms with Crippen LogP contribution in [0.1, 0.15) is 35.3 Å². The molecule has 1 amide bonds. The molecular formula is C17H19F3N4O3S. The van der Waals surface area contributed by atoms with E-state index in [4.69, 9.17) is 5.73 Å². The topological polar surface area (TPSA) is 107 Å². The van der Waals surface area contributed by atoms with E-state index in [9.17, 15) is 26.4 Å². The van der Waals surface area contributed by atoms with Gasteiger partial charge in [-0.1, -0.05) is 6.92 Å². The minimum atomic E-state index is -4.45. The second-order valence-corrected chi connectivity index (χ2v) is 9.11. The monoisotopic (exact) mass is 416 g/mol. The van der Waals surface area contributed by atoms with Crippen LogP contribution in [0.5, 0.6) is 0 Å². The Morgan fingerprint density at radius 1 is 1.29 bits per heavy atom. The molecule has 2 atom stereocenters. The van der Waals surface area contributed by atoms with Gasteiger partial charge in [0.25, 0.3) is 5.91 Å². The summed E-state index contributed by atoms with van der Waals surface area (Å²) in [5.41, 5.74) is 4.97. The Bertz CT molecular complexity index is 984. The second-order valence-electron chi connectivity index (χ2n) is 6.88. The molecule has 1 aromatic carbocycles. The first-order valence-corrected chi connectivity index (χ1v) is 10.3. The lowest BCUT2D eigenvalue weighted by Gasteiger charge is -2.28. The van der Waals surface area contributed by atoms with Crippen molar-refractivity contribution < 1.29 is 26.4 Å². The Balaban J connectivity index is 1.86. The average Bonchev–Trinajstić information content (AvgIpc) is 2.97. The molecule has 2 aromatic rings. The summed E-state index contributed by atoms with van der Waals surface area (Å²) in [7, 11) is -3.10. The Labute approximate surface area is 159 Å². The number of rotatable bonds is 4. The summed E-state index contributed by atoms with van der Waals surface area (Å²) in [4.78, 5) is 11.8. The summed E-state index contributed by atoms with van der Waals surface area (Å²) < 4.78 is 63.1. The van der Waals surface area contributed by atoms with Crippen LogP contribution in [-0.4, -0.2) is 35.6 Å². The van der Waals surface area contributed by atoms with E-state index in [1.807, 2.05) is 0 Å². The highest BCUT2D eigenvalue weighted by Crippen LogP contribution is 2.32. The second kappa shape index (κ2) is 7.12. The van der Waals surface area contributed by atoms with Crippen molar-refractivity contribution >= 4 is 27.2 Å².